The molecule has 2 aromatic heterocycles. The average molecular weight is 322 g/mol. The fourth-order valence-electron chi connectivity index (χ4n) is 2.40. The molecule has 0 saturated heterocycles. The van der Waals surface area contributed by atoms with Crippen molar-refractivity contribution in [2.75, 3.05) is 13.6 Å². The van der Waals surface area contributed by atoms with Crippen molar-refractivity contribution in [3.63, 3.8) is 0 Å². The van der Waals surface area contributed by atoms with Crippen molar-refractivity contribution in [2.45, 2.75) is 13.1 Å². The number of guanidine groups is 1. The van der Waals surface area contributed by atoms with Crippen LogP contribution in [0, 0.1) is 0 Å². The number of rotatable bonds is 6. The lowest BCUT2D eigenvalue weighted by atomic mass is 10.3. The van der Waals surface area contributed by atoms with Crippen LogP contribution in [-0.2, 0) is 13.1 Å². The first-order valence-corrected chi connectivity index (χ1v) is 8.00. The molecule has 6 heteroatoms. The molecule has 0 radical (unpaired) electrons. The highest BCUT2D eigenvalue weighted by atomic mass is 15.3. The first kappa shape index (κ1) is 15.9. The number of para-hydroxylation sites is 1. The first-order chi connectivity index (χ1) is 11.8. The molecule has 24 heavy (non-hydrogen) atoms. The van der Waals surface area contributed by atoms with E-state index in [1.54, 1.807) is 7.05 Å². The average Bonchev–Trinajstić information content (AvgIpc) is 3.30. The number of hydrogen-bond donors (Lipinski definition) is 2. The molecule has 0 unspecified atom stereocenters. The Morgan fingerprint density at radius 1 is 1.00 bits per heavy atom. The first-order valence-electron chi connectivity index (χ1n) is 8.00. The Morgan fingerprint density at radius 3 is 2.54 bits per heavy atom. The molecule has 2 heterocycles. The van der Waals surface area contributed by atoms with Gasteiger partial charge in [-0.15, -0.1) is 0 Å². The summed E-state index contributed by atoms with van der Waals surface area (Å²) in [5, 5.41) is 11.2. The lowest BCUT2D eigenvalue weighted by Gasteiger charge is -2.11. The van der Waals surface area contributed by atoms with Gasteiger partial charge in [-0.25, -0.2) is 4.68 Å². The lowest BCUT2D eigenvalue weighted by Crippen LogP contribution is -2.38. The van der Waals surface area contributed by atoms with Gasteiger partial charge in [0.2, 0.25) is 0 Å². The molecule has 124 valence electrons. The number of benzene rings is 1. The molecule has 0 amide bonds. The monoisotopic (exact) mass is 322 g/mol. The number of nitrogens with zero attached hydrogens (tertiary/aromatic N) is 4. The summed E-state index contributed by atoms with van der Waals surface area (Å²) in [5.41, 5.74) is 2.02. The molecular formula is C18H22N6. The Bertz CT molecular complexity index is 758. The molecule has 6 nitrogen and oxygen atoms in total. The van der Waals surface area contributed by atoms with Crippen molar-refractivity contribution in [1.82, 2.24) is 25.0 Å². The number of hydrogen-bond acceptors (Lipinski definition) is 2. The zero-order chi connectivity index (χ0) is 16.6. The summed E-state index contributed by atoms with van der Waals surface area (Å²) >= 11 is 0. The molecule has 3 rings (SSSR count). The van der Waals surface area contributed by atoms with Gasteiger partial charge in [-0.1, -0.05) is 18.2 Å². The van der Waals surface area contributed by atoms with Crippen LogP contribution in [0.3, 0.4) is 0 Å². The predicted octanol–water partition coefficient (Wildman–Crippen LogP) is 2.04. The Morgan fingerprint density at radius 2 is 1.79 bits per heavy atom. The van der Waals surface area contributed by atoms with Crippen LogP contribution in [0.4, 0.5) is 0 Å². The van der Waals surface area contributed by atoms with Crippen LogP contribution in [0.25, 0.3) is 5.69 Å². The van der Waals surface area contributed by atoms with Crippen LogP contribution in [-0.4, -0.2) is 33.9 Å². The van der Waals surface area contributed by atoms with Gasteiger partial charge < -0.3 is 15.2 Å². The van der Waals surface area contributed by atoms with E-state index in [2.05, 4.69) is 25.3 Å². The van der Waals surface area contributed by atoms with Gasteiger partial charge in [-0.05, 0) is 30.3 Å². The van der Waals surface area contributed by atoms with Crippen LogP contribution in [0.5, 0.6) is 0 Å². The van der Waals surface area contributed by atoms with Gasteiger partial charge in [0.25, 0.3) is 0 Å². The van der Waals surface area contributed by atoms with Crippen molar-refractivity contribution in [3.05, 3.63) is 72.8 Å². The zero-order valence-electron chi connectivity index (χ0n) is 13.8. The van der Waals surface area contributed by atoms with E-state index in [1.807, 2.05) is 71.8 Å². The molecule has 0 aliphatic carbocycles. The lowest BCUT2D eigenvalue weighted by molar-refractivity contribution is 0.663. The summed E-state index contributed by atoms with van der Waals surface area (Å²) < 4.78 is 4.00. The van der Waals surface area contributed by atoms with Crippen LogP contribution in [0.1, 0.15) is 5.69 Å². The third kappa shape index (κ3) is 4.25. The van der Waals surface area contributed by atoms with Crippen LogP contribution in [0.15, 0.2) is 72.1 Å². The van der Waals surface area contributed by atoms with E-state index in [9.17, 15) is 0 Å². The van der Waals surface area contributed by atoms with Gasteiger partial charge in [0, 0.05) is 38.7 Å². The molecule has 0 spiro atoms. The summed E-state index contributed by atoms with van der Waals surface area (Å²) in [6.07, 6.45) is 6.07. The molecule has 0 fully saturated rings. The van der Waals surface area contributed by atoms with E-state index in [1.165, 1.54) is 0 Å². The molecule has 0 aliphatic heterocycles. The zero-order valence-corrected chi connectivity index (χ0v) is 13.8. The Balaban J connectivity index is 1.48. The van der Waals surface area contributed by atoms with Gasteiger partial charge >= 0.3 is 0 Å². The molecule has 0 atom stereocenters. The fourth-order valence-corrected chi connectivity index (χ4v) is 2.40. The summed E-state index contributed by atoms with van der Waals surface area (Å²) in [6, 6.07) is 16.1. The van der Waals surface area contributed by atoms with E-state index in [-0.39, 0.29) is 0 Å². The predicted molar refractivity (Wildman–Crippen MR) is 96.2 cm³/mol. The van der Waals surface area contributed by atoms with Gasteiger partial charge in [0.1, 0.15) is 0 Å². The summed E-state index contributed by atoms with van der Waals surface area (Å²) in [4.78, 5) is 4.24. The molecule has 2 N–H and O–H groups in total. The van der Waals surface area contributed by atoms with Gasteiger partial charge in [-0.2, -0.15) is 5.10 Å². The van der Waals surface area contributed by atoms with Gasteiger partial charge in [0.15, 0.2) is 5.96 Å². The summed E-state index contributed by atoms with van der Waals surface area (Å²) in [6.45, 7) is 2.34. The molecule has 0 saturated carbocycles. The molecule has 1 aromatic carbocycles. The smallest absolute Gasteiger partial charge is 0.191 e. The highest BCUT2D eigenvalue weighted by molar-refractivity contribution is 5.79. The summed E-state index contributed by atoms with van der Waals surface area (Å²) in [5.74, 6) is 0.774. The van der Waals surface area contributed by atoms with Gasteiger partial charge in [0.05, 0.1) is 17.9 Å². The maximum absolute atomic E-state index is 4.57. The Hall–Kier alpha value is -3.02. The largest absolute Gasteiger partial charge is 0.355 e. The van der Waals surface area contributed by atoms with Crippen LogP contribution in [0.2, 0.25) is 0 Å². The highest BCUT2D eigenvalue weighted by Gasteiger charge is 2.02. The Labute approximate surface area is 141 Å². The van der Waals surface area contributed by atoms with Crippen molar-refractivity contribution in [3.8, 4) is 5.69 Å². The van der Waals surface area contributed by atoms with Gasteiger partial charge in [-0.3, -0.25) is 4.99 Å². The van der Waals surface area contributed by atoms with Crippen LogP contribution < -0.4 is 10.6 Å². The second kappa shape index (κ2) is 8.01. The highest BCUT2D eigenvalue weighted by Crippen LogP contribution is 2.06. The maximum Gasteiger partial charge on any atom is 0.191 e. The molecule has 0 aliphatic rings. The van der Waals surface area contributed by atoms with E-state index in [4.69, 9.17) is 0 Å². The third-order valence-corrected chi connectivity index (χ3v) is 3.65. The van der Waals surface area contributed by atoms with Crippen molar-refractivity contribution in [1.29, 1.82) is 0 Å². The molecule has 0 bridgehead atoms. The minimum Gasteiger partial charge on any atom is -0.355 e. The van der Waals surface area contributed by atoms with E-state index >= 15 is 0 Å². The standard InChI is InChI=1S/C18H22N6/c1-19-18(20-10-14-23-11-5-6-12-23)21-15-16-9-13-24(22-16)17-7-3-2-4-8-17/h2-9,11-13H,10,14-15H2,1H3,(H2,19,20,21). The molecule has 3 aromatic rings. The van der Waals surface area contributed by atoms with Crippen molar-refractivity contribution >= 4 is 5.96 Å². The number of nitrogens with one attached hydrogen (secondary N) is 2. The van der Waals surface area contributed by atoms with E-state index in [0.717, 1.165) is 30.4 Å². The topological polar surface area (TPSA) is 59.2 Å². The Kier molecular flexibility index (Phi) is 5.29. The minimum atomic E-state index is 0.628. The number of aromatic nitrogens is 3. The van der Waals surface area contributed by atoms with Crippen molar-refractivity contribution in [2.24, 2.45) is 4.99 Å². The normalized spacial score (nSPS) is 11.5. The quantitative estimate of drug-likeness (QED) is 0.539. The minimum absolute atomic E-state index is 0.628. The summed E-state index contributed by atoms with van der Waals surface area (Å²) in [7, 11) is 1.77. The fraction of sp³-hybridized carbons (Fsp3) is 0.222. The maximum atomic E-state index is 4.57. The van der Waals surface area contributed by atoms with Crippen LogP contribution >= 0.6 is 0 Å². The second-order valence-corrected chi connectivity index (χ2v) is 5.36. The van der Waals surface area contributed by atoms with E-state index in [0.29, 0.717) is 6.54 Å². The SMILES string of the molecule is CN=C(NCCn1cccc1)NCc1ccn(-c2ccccc2)n1. The molecular weight excluding hydrogens is 300 g/mol. The third-order valence-electron chi connectivity index (χ3n) is 3.65. The van der Waals surface area contributed by atoms with E-state index < -0.39 is 0 Å². The number of aliphatic imine (C=N–C) groups is 1. The second-order valence-electron chi connectivity index (χ2n) is 5.36. The van der Waals surface area contributed by atoms with Crippen molar-refractivity contribution < 1.29 is 0 Å².